The number of halogens is 3. The molecule has 0 spiro atoms. The summed E-state index contributed by atoms with van der Waals surface area (Å²) in [6.45, 7) is 3.36. The average Bonchev–Trinajstić information content (AvgIpc) is 3.15. The molecule has 0 atom stereocenters. The second-order valence-electron chi connectivity index (χ2n) is 4.49. The monoisotopic (exact) mass is 347 g/mol. The highest BCUT2D eigenvalue weighted by Gasteiger charge is 2.33. The normalized spacial score (nSPS) is 12.4. The minimum absolute atomic E-state index is 0.349. The molecular formula is C13H16F3N5OS. The van der Waals surface area contributed by atoms with Gasteiger partial charge in [-0.25, -0.2) is 9.98 Å². The van der Waals surface area contributed by atoms with Gasteiger partial charge in [-0.3, -0.25) is 0 Å². The van der Waals surface area contributed by atoms with Crippen molar-refractivity contribution in [1.29, 1.82) is 0 Å². The van der Waals surface area contributed by atoms with Crippen LogP contribution in [0.2, 0.25) is 0 Å². The third-order valence-electron chi connectivity index (χ3n) is 2.71. The summed E-state index contributed by atoms with van der Waals surface area (Å²) in [6, 6.07) is 1.71. The number of nitrogens with zero attached hydrogens (tertiary/aromatic N) is 3. The molecular weight excluding hydrogens is 331 g/mol. The number of rotatable bonds is 6. The predicted molar refractivity (Wildman–Crippen MR) is 80.1 cm³/mol. The summed E-state index contributed by atoms with van der Waals surface area (Å²) in [5.41, 5.74) is -0.152. The van der Waals surface area contributed by atoms with E-state index in [-0.39, 0.29) is 0 Å². The zero-order valence-corrected chi connectivity index (χ0v) is 13.2. The molecule has 2 aromatic rings. The van der Waals surface area contributed by atoms with Gasteiger partial charge >= 0.3 is 6.18 Å². The second-order valence-corrected chi connectivity index (χ2v) is 5.43. The Morgan fingerprint density at radius 2 is 2.22 bits per heavy atom. The van der Waals surface area contributed by atoms with Crippen LogP contribution in [0.3, 0.4) is 0 Å². The predicted octanol–water partition coefficient (Wildman–Crippen LogP) is 2.45. The van der Waals surface area contributed by atoms with E-state index >= 15 is 0 Å². The number of hydrogen-bond acceptors (Lipinski definition) is 5. The summed E-state index contributed by atoms with van der Waals surface area (Å²) in [7, 11) is 0. The lowest BCUT2D eigenvalue weighted by Gasteiger charge is -2.10. The van der Waals surface area contributed by atoms with E-state index in [1.807, 2.05) is 6.92 Å². The molecule has 0 aliphatic heterocycles. The molecule has 0 saturated heterocycles. The summed E-state index contributed by atoms with van der Waals surface area (Å²) in [5.74, 6) is 0.558. The topological polar surface area (TPSA) is 75.3 Å². The van der Waals surface area contributed by atoms with E-state index in [0.29, 0.717) is 42.7 Å². The van der Waals surface area contributed by atoms with Crippen LogP contribution in [0.5, 0.6) is 0 Å². The molecule has 0 aromatic carbocycles. The number of guanidine groups is 1. The third kappa shape index (κ3) is 5.55. The van der Waals surface area contributed by atoms with Crippen LogP contribution in [0, 0.1) is 0 Å². The molecule has 0 aliphatic carbocycles. The maximum absolute atomic E-state index is 12.5. The van der Waals surface area contributed by atoms with Crippen LogP contribution in [0.4, 0.5) is 13.2 Å². The van der Waals surface area contributed by atoms with Crippen LogP contribution in [0.25, 0.3) is 0 Å². The van der Waals surface area contributed by atoms with Crippen LogP contribution < -0.4 is 10.6 Å². The van der Waals surface area contributed by atoms with Crippen molar-refractivity contribution in [2.75, 3.05) is 13.1 Å². The van der Waals surface area contributed by atoms with E-state index in [2.05, 4.69) is 25.8 Å². The van der Waals surface area contributed by atoms with E-state index < -0.39 is 11.9 Å². The fourth-order valence-electron chi connectivity index (χ4n) is 1.66. The molecule has 0 radical (unpaired) electrons. The Morgan fingerprint density at radius 1 is 1.39 bits per heavy atom. The van der Waals surface area contributed by atoms with Gasteiger partial charge in [-0.15, -0.1) is 11.3 Å². The van der Waals surface area contributed by atoms with Crippen molar-refractivity contribution in [2.45, 2.75) is 26.1 Å². The first-order chi connectivity index (χ1) is 11.0. The molecule has 0 unspecified atom stereocenters. The lowest BCUT2D eigenvalue weighted by atomic mass is 10.4. The van der Waals surface area contributed by atoms with Gasteiger partial charge in [0.2, 0.25) is 0 Å². The Morgan fingerprint density at radius 3 is 2.83 bits per heavy atom. The first-order valence-electron chi connectivity index (χ1n) is 6.92. The summed E-state index contributed by atoms with van der Waals surface area (Å²) < 4.78 is 42.1. The Bertz CT molecular complexity index is 624. The van der Waals surface area contributed by atoms with Gasteiger partial charge in [0.05, 0.1) is 11.6 Å². The van der Waals surface area contributed by atoms with E-state index in [1.165, 1.54) is 6.26 Å². The molecule has 0 aliphatic rings. The van der Waals surface area contributed by atoms with Gasteiger partial charge in [-0.05, 0) is 6.92 Å². The average molecular weight is 347 g/mol. The van der Waals surface area contributed by atoms with Crippen molar-refractivity contribution in [1.82, 2.24) is 20.8 Å². The molecule has 2 rings (SSSR count). The van der Waals surface area contributed by atoms with Gasteiger partial charge < -0.3 is 15.2 Å². The maximum Gasteiger partial charge on any atom is 0.434 e. The molecule has 126 valence electrons. The van der Waals surface area contributed by atoms with Gasteiger partial charge in [0.15, 0.2) is 11.7 Å². The summed E-state index contributed by atoms with van der Waals surface area (Å²) in [6.07, 6.45) is -2.54. The van der Waals surface area contributed by atoms with E-state index in [9.17, 15) is 13.2 Å². The standard InChI is InChI=1S/C13H16F3N5OS/c1-2-17-12(19-7-9-4-6-22-21-9)18-5-3-11-20-10(8-23-11)13(14,15)16/h4,6,8H,2-3,5,7H2,1H3,(H2,17,18,19). The molecule has 23 heavy (non-hydrogen) atoms. The molecule has 2 heterocycles. The van der Waals surface area contributed by atoms with Crippen LogP contribution in [0.15, 0.2) is 27.2 Å². The summed E-state index contributed by atoms with van der Waals surface area (Å²) in [5, 5.41) is 11.3. The van der Waals surface area contributed by atoms with Crippen LogP contribution in [-0.2, 0) is 19.1 Å². The minimum Gasteiger partial charge on any atom is -0.364 e. The number of aliphatic imine (C=N–C) groups is 1. The van der Waals surface area contributed by atoms with Crippen LogP contribution >= 0.6 is 11.3 Å². The molecule has 0 amide bonds. The Hall–Kier alpha value is -2.10. The van der Waals surface area contributed by atoms with Gasteiger partial charge in [0.25, 0.3) is 0 Å². The largest absolute Gasteiger partial charge is 0.434 e. The first-order valence-corrected chi connectivity index (χ1v) is 7.80. The quantitative estimate of drug-likeness (QED) is 0.620. The highest BCUT2D eigenvalue weighted by molar-refractivity contribution is 7.09. The zero-order valence-electron chi connectivity index (χ0n) is 12.4. The minimum atomic E-state index is -4.39. The fourth-order valence-corrected chi connectivity index (χ4v) is 2.47. The maximum atomic E-state index is 12.5. The number of hydrogen-bond donors (Lipinski definition) is 2. The van der Waals surface area contributed by atoms with Gasteiger partial charge in [0, 0.05) is 31.0 Å². The molecule has 2 N–H and O–H groups in total. The molecule has 10 heteroatoms. The smallest absolute Gasteiger partial charge is 0.364 e. The van der Waals surface area contributed by atoms with E-state index in [0.717, 1.165) is 16.7 Å². The highest BCUT2D eigenvalue weighted by Crippen LogP contribution is 2.29. The van der Waals surface area contributed by atoms with Crippen molar-refractivity contribution in [2.24, 2.45) is 4.99 Å². The number of thiazole rings is 1. The first kappa shape index (κ1) is 17.3. The van der Waals surface area contributed by atoms with Crippen molar-refractivity contribution < 1.29 is 17.7 Å². The lowest BCUT2D eigenvalue weighted by Crippen LogP contribution is -2.38. The van der Waals surface area contributed by atoms with Crippen molar-refractivity contribution in [3.05, 3.63) is 34.1 Å². The van der Waals surface area contributed by atoms with Crippen molar-refractivity contribution in [3.63, 3.8) is 0 Å². The number of nitrogens with one attached hydrogen (secondary N) is 2. The second kappa shape index (κ2) is 7.95. The Labute approximate surface area is 134 Å². The molecule has 2 aromatic heterocycles. The molecule has 6 nitrogen and oxygen atoms in total. The Kier molecular flexibility index (Phi) is 5.97. The molecule has 0 saturated carbocycles. The highest BCUT2D eigenvalue weighted by atomic mass is 32.1. The zero-order chi connectivity index (χ0) is 16.7. The third-order valence-corrected chi connectivity index (χ3v) is 3.62. The molecule has 0 bridgehead atoms. The van der Waals surface area contributed by atoms with Gasteiger partial charge in [0.1, 0.15) is 12.0 Å². The number of alkyl halides is 3. The van der Waals surface area contributed by atoms with Crippen LogP contribution in [0.1, 0.15) is 23.3 Å². The lowest BCUT2D eigenvalue weighted by molar-refractivity contribution is -0.140. The van der Waals surface area contributed by atoms with Crippen molar-refractivity contribution >= 4 is 17.3 Å². The van der Waals surface area contributed by atoms with Crippen molar-refractivity contribution in [3.8, 4) is 0 Å². The SMILES string of the molecule is CCNC(=NCc1ccon1)NCCc1nc(C(F)(F)F)cs1. The van der Waals surface area contributed by atoms with Gasteiger partial charge in [-0.2, -0.15) is 13.2 Å². The summed E-state index contributed by atoms with van der Waals surface area (Å²) >= 11 is 0.999. The van der Waals surface area contributed by atoms with E-state index in [4.69, 9.17) is 4.52 Å². The summed E-state index contributed by atoms with van der Waals surface area (Å²) in [4.78, 5) is 7.89. The van der Waals surface area contributed by atoms with Crippen LogP contribution in [-0.4, -0.2) is 29.2 Å². The Balaban J connectivity index is 1.84. The van der Waals surface area contributed by atoms with E-state index in [1.54, 1.807) is 6.07 Å². The molecule has 0 fully saturated rings. The van der Waals surface area contributed by atoms with Gasteiger partial charge in [-0.1, -0.05) is 5.16 Å². The fraction of sp³-hybridized carbons (Fsp3) is 0.462. The number of aromatic nitrogens is 2.